The first-order valence-corrected chi connectivity index (χ1v) is 20.2. The lowest BCUT2D eigenvalue weighted by molar-refractivity contribution is -0.161. The van der Waals surface area contributed by atoms with Crippen LogP contribution in [0.2, 0.25) is 0 Å². The Morgan fingerprint density at radius 1 is 0.630 bits per heavy atom. The zero-order chi connectivity index (χ0) is 34.0. The molecule has 0 aliphatic heterocycles. The molecule has 0 radical (unpaired) electrons. The van der Waals surface area contributed by atoms with Gasteiger partial charge in [-0.25, -0.2) is 4.57 Å². The number of rotatable bonds is 35. The third-order valence-electron chi connectivity index (χ3n) is 7.90. The molecular formula is C36H70NO8P. The van der Waals surface area contributed by atoms with Crippen molar-refractivity contribution < 1.29 is 37.6 Å². The van der Waals surface area contributed by atoms with Crippen LogP contribution in [0.5, 0.6) is 0 Å². The number of carbonyl (C=O) groups is 2. The van der Waals surface area contributed by atoms with E-state index in [1.54, 1.807) is 0 Å². The molecule has 0 heterocycles. The van der Waals surface area contributed by atoms with Crippen LogP contribution < -0.4 is 5.73 Å². The fourth-order valence-corrected chi connectivity index (χ4v) is 5.86. The third kappa shape index (κ3) is 32.7. The molecule has 0 aliphatic rings. The molecule has 0 aromatic heterocycles. The highest BCUT2D eigenvalue weighted by atomic mass is 31.2. The second kappa shape index (κ2) is 33.6. The van der Waals surface area contributed by atoms with Gasteiger partial charge in [-0.2, -0.15) is 0 Å². The van der Waals surface area contributed by atoms with Gasteiger partial charge in [0, 0.05) is 19.4 Å². The number of unbranched alkanes of at least 4 members (excludes halogenated alkanes) is 20. The van der Waals surface area contributed by atoms with Crippen molar-refractivity contribution in [2.75, 3.05) is 26.4 Å². The number of carbonyl (C=O) groups excluding carboxylic acids is 2. The van der Waals surface area contributed by atoms with Crippen molar-refractivity contribution in [3.05, 3.63) is 12.2 Å². The molecule has 9 nitrogen and oxygen atoms in total. The van der Waals surface area contributed by atoms with Gasteiger partial charge in [-0.15, -0.1) is 0 Å². The van der Waals surface area contributed by atoms with Gasteiger partial charge in [-0.05, 0) is 38.5 Å². The number of allylic oxidation sites excluding steroid dienone is 2. The molecule has 0 fully saturated rings. The van der Waals surface area contributed by atoms with E-state index < -0.39 is 26.5 Å². The average molecular weight is 676 g/mol. The largest absolute Gasteiger partial charge is 0.472 e. The summed E-state index contributed by atoms with van der Waals surface area (Å²) in [6.07, 6.45) is 30.9. The Bertz CT molecular complexity index is 779. The molecule has 46 heavy (non-hydrogen) atoms. The van der Waals surface area contributed by atoms with Gasteiger partial charge in [0.2, 0.25) is 0 Å². The highest BCUT2D eigenvalue weighted by Gasteiger charge is 2.25. The van der Waals surface area contributed by atoms with Crippen LogP contribution in [0.1, 0.15) is 174 Å². The van der Waals surface area contributed by atoms with Gasteiger partial charge < -0.3 is 20.1 Å². The second-order valence-corrected chi connectivity index (χ2v) is 13.9. The number of phosphoric ester groups is 1. The summed E-state index contributed by atoms with van der Waals surface area (Å²) in [4.78, 5) is 34.6. The number of esters is 2. The fourth-order valence-electron chi connectivity index (χ4n) is 5.10. The molecule has 0 amide bonds. The van der Waals surface area contributed by atoms with E-state index in [1.807, 2.05) is 0 Å². The minimum atomic E-state index is -4.36. The summed E-state index contributed by atoms with van der Waals surface area (Å²) in [7, 11) is -4.36. The zero-order valence-corrected chi connectivity index (χ0v) is 30.5. The first-order valence-electron chi connectivity index (χ1n) is 18.7. The first-order chi connectivity index (χ1) is 22.3. The van der Waals surface area contributed by atoms with Crippen molar-refractivity contribution in [1.82, 2.24) is 0 Å². The van der Waals surface area contributed by atoms with E-state index in [1.165, 1.54) is 89.9 Å². The number of phosphoric acid groups is 1. The van der Waals surface area contributed by atoms with Gasteiger partial charge in [0.1, 0.15) is 6.61 Å². The van der Waals surface area contributed by atoms with E-state index in [-0.39, 0.29) is 38.6 Å². The van der Waals surface area contributed by atoms with Crippen LogP contribution in [0.3, 0.4) is 0 Å². The molecule has 2 atom stereocenters. The van der Waals surface area contributed by atoms with Crippen LogP contribution in [0, 0.1) is 0 Å². The predicted octanol–water partition coefficient (Wildman–Crippen LogP) is 9.88. The van der Waals surface area contributed by atoms with Gasteiger partial charge >= 0.3 is 19.8 Å². The lowest BCUT2D eigenvalue weighted by Crippen LogP contribution is -2.29. The lowest BCUT2D eigenvalue weighted by atomic mass is 10.1. The lowest BCUT2D eigenvalue weighted by Gasteiger charge is -2.19. The monoisotopic (exact) mass is 675 g/mol. The van der Waals surface area contributed by atoms with Crippen molar-refractivity contribution in [1.29, 1.82) is 0 Å². The maximum absolute atomic E-state index is 12.5. The Hall–Kier alpha value is -1.25. The topological polar surface area (TPSA) is 134 Å². The normalized spacial score (nSPS) is 13.6. The Labute approximate surface area is 281 Å². The summed E-state index contributed by atoms with van der Waals surface area (Å²) >= 11 is 0. The number of ether oxygens (including phenoxy) is 2. The quantitative estimate of drug-likeness (QED) is 0.0291. The third-order valence-corrected chi connectivity index (χ3v) is 8.89. The Morgan fingerprint density at radius 3 is 1.54 bits per heavy atom. The van der Waals surface area contributed by atoms with Crippen molar-refractivity contribution in [2.45, 2.75) is 180 Å². The molecule has 0 bridgehead atoms. The molecule has 3 N–H and O–H groups in total. The zero-order valence-electron chi connectivity index (χ0n) is 29.6. The van der Waals surface area contributed by atoms with E-state index in [2.05, 4.69) is 26.0 Å². The number of hydrogen-bond donors (Lipinski definition) is 2. The molecule has 0 spiro atoms. The van der Waals surface area contributed by atoms with Gasteiger partial charge in [0.05, 0.1) is 13.2 Å². The van der Waals surface area contributed by atoms with Crippen LogP contribution in [0.15, 0.2) is 12.2 Å². The van der Waals surface area contributed by atoms with E-state index in [0.29, 0.717) is 6.42 Å². The van der Waals surface area contributed by atoms with Crippen molar-refractivity contribution in [3.63, 3.8) is 0 Å². The number of nitrogens with two attached hydrogens (primary N) is 1. The standard InChI is InChI=1S/C36H70NO8P/c1-3-5-7-9-11-13-15-16-17-19-21-23-25-27-29-36(39)45-34(33-44-46(40,41)43-31-30-37)32-42-35(38)28-26-24-22-20-18-14-12-10-8-6-4-2/h15-16,34H,3-14,17-33,37H2,1-2H3,(H,40,41)/b16-15-. The van der Waals surface area contributed by atoms with Crippen LogP contribution in [0.25, 0.3) is 0 Å². The molecule has 0 saturated carbocycles. The summed E-state index contributed by atoms with van der Waals surface area (Å²) in [5.74, 6) is -0.835. The van der Waals surface area contributed by atoms with Crippen molar-refractivity contribution in [2.24, 2.45) is 5.73 Å². The van der Waals surface area contributed by atoms with Gasteiger partial charge in [-0.3, -0.25) is 18.6 Å². The Morgan fingerprint density at radius 2 is 1.07 bits per heavy atom. The summed E-state index contributed by atoms with van der Waals surface area (Å²) in [6.45, 7) is 3.70. The minimum Gasteiger partial charge on any atom is -0.462 e. The molecule has 0 aliphatic carbocycles. The predicted molar refractivity (Wildman–Crippen MR) is 188 cm³/mol. The van der Waals surface area contributed by atoms with Crippen molar-refractivity contribution >= 4 is 19.8 Å². The molecule has 10 heteroatoms. The Balaban J connectivity index is 4.24. The maximum Gasteiger partial charge on any atom is 0.472 e. The van der Waals surface area contributed by atoms with Crippen LogP contribution >= 0.6 is 7.82 Å². The second-order valence-electron chi connectivity index (χ2n) is 12.4. The SMILES string of the molecule is CCCCCCC/C=C\CCCCCCCC(=O)OC(COC(=O)CCCCCCCCCCCCC)COP(=O)(O)OCCN. The van der Waals surface area contributed by atoms with Gasteiger partial charge in [-0.1, -0.05) is 135 Å². The van der Waals surface area contributed by atoms with Gasteiger partial charge in [0.25, 0.3) is 0 Å². The summed E-state index contributed by atoms with van der Waals surface area (Å²) in [6, 6.07) is 0. The van der Waals surface area contributed by atoms with Crippen molar-refractivity contribution in [3.8, 4) is 0 Å². The maximum atomic E-state index is 12.5. The molecule has 0 aromatic carbocycles. The van der Waals surface area contributed by atoms with Crippen LogP contribution in [0.4, 0.5) is 0 Å². The van der Waals surface area contributed by atoms with Crippen LogP contribution in [-0.2, 0) is 32.7 Å². The molecule has 0 aromatic rings. The molecule has 0 rings (SSSR count). The summed E-state index contributed by atoms with van der Waals surface area (Å²) < 4.78 is 32.6. The highest BCUT2D eigenvalue weighted by molar-refractivity contribution is 7.47. The number of hydrogen-bond acceptors (Lipinski definition) is 8. The highest BCUT2D eigenvalue weighted by Crippen LogP contribution is 2.43. The molecule has 272 valence electrons. The van der Waals surface area contributed by atoms with Gasteiger partial charge in [0.15, 0.2) is 6.10 Å². The molecule has 0 saturated heterocycles. The minimum absolute atomic E-state index is 0.0544. The first kappa shape index (κ1) is 44.8. The molecule has 2 unspecified atom stereocenters. The average Bonchev–Trinajstić information content (AvgIpc) is 3.04. The van der Waals surface area contributed by atoms with E-state index in [0.717, 1.165) is 51.4 Å². The van der Waals surface area contributed by atoms with E-state index >= 15 is 0 Å². The fraction of sp³-hybridized carbons (Fsp3) is 0.889. The summed E-state index contributed by atoms with van der Waals surface area (Å²) in [5, 5.41) is 0. The van der Waals surface area contributed by atoms with Crippen LogP contribution in [-0.4, -0.2) is 49.3 Å². The molecular weight excluding hydrogens is 605 g/mol. The van der Waals surface area contributed by atoms with E-state index in [9.17, 15) is 19.0 Å². The smallest absolute Gasteiger partial charge is 0.462 e. The summed E-state index contributed by atoms with van der Waals surface area (Å²) in [5.41, 5.74) is 5.32. The Kier molecular flexibility index (Phi) is 32.7. The van der Waals surface area contributed by atoms with E-state index in [4.69, 9.17) is 24.3 Å².